The van der Waals surface area contributed by atoms with Crippen molar-refractivity contribution in [1.29, 1.82) is 0 Å². The van der Waals surface area contributed by atoms with Crippen molar-refractivity contribution in [2.24, 2.45) is 0 Å². The SMILES string of the molecule is Cc1cc(C(C)NS(=O)(=O)c2ccccc2)c(C)o1. The van der Waals surface area contributed by atoms with Gasteiger partial charge in [0.15, 0.2) is 0 Å². The molecule has 1 N–H and O–H groups in total. The predicted octanol–water partition coefficient (Wildman–Crippen LogP) is 2.94. The second kappa shape index (κ2) is 5.19. The molecule has 1 atom stereocenters. The minimum absolute atomic E-state index is 0.264. The number of aryl methyl sites for hydroxylation is 2. The fourth-order valence-corrected chi connectivity index (χ4v) is 3.29. The first kappa shape index (κ1) is 13.8. The summed E-state index contributed by atoms with van der Waals surface area (Å²) in [4.78, 5) is 0.264. The summed E-state index contributed by atoms with van der Waals surface area (Å²) in [6.07, 6.45) is 0. The van der Waals surface area contributed by atoms with E-state index in [-0.39, 0.29) is 10.9 Å². The molecule has 5 heteroatoms. The molecule has 102 valence electrons. The maximum atomic E-state index is 12.2. The van der Waals surface area contributed by atoms with Gasteiger partial charge in [0.25, 0.3) is 0 Å². The molecule has 4 nitrogen and oxygen atoms in total. The first-order chi connectivity index (χ1) is 8.90. The number of sulfonamides is 1. The van der Waals surface area contributed by atoms with E-state index in [2.05, 4.69) is 4.72 Å². The summed E-state index contributed by atoms with van der Waals surface area (Å²) in [7, 11) is -3.51. The van der Waals surface area contributed by atoms with Crippen LogP contribution in [0.3, 0.4) is 0 Å². The molecular weight excluding hydrogens is 262 g/mol. The van der Waals surface area contributed by atoms with Crippen molar-refractivity contribution in [3.8, 4) is 0 Å². The van der Waals surface area contributed by atoms with Gasteiger partial charge in [0.05, 0.1) is 4.90 Å². The molecule has 0 aliphatic rings. The summed E-state index contributed by atoms with van der Waals surface area (Å²) in [5, 5.41) is 0. The largest absolute Gasteiger partial charge is 0.466 e. The van der Waals surface area contributed by atoms with Crippen molar-refractivity contribution in [1.82, 2.24) is 4.72 Å². The molecule has 0 saturated carbocycles. The van der Waals surface area contributed by atoms with Crippen LogP contribution in [0.5, 0.6) is 0 Å². The van der Waals surface area contributed by atoms with Gasteiger partial charge >= 0.3 is 0 Å². The topological polar surface area (TPSA) is 59.3 Å². The highest BCUT2D eigenvalue weighted by Crippen LogP contribution is 2.23. The fourth-order valence-electron chi connectivity index (χ4n) is 2.04. The first-order valence-electron chi connectivity index (χ1n) is 6.04. The van der Waals surface area contributed by atoms with Gasteiger partial charge in [0.2, 0.25) is 10.0 Å². The molecular formula is C14H17NO3S. The van der Waals surface area contributed by atoms with Crippen LogP contribution in [0.1, 0.15) is 30.0 Å². The van der Waals surface area contributed by atoms with Crippen LogP contribution in [0.25, 0.3) is 0 Å². The van der Waals surface area contributed by atoms with E-state index in [1.54, 1.807) is 37.3 Å². The van der Waals surface area contributed by atoms with Gasteiger partial charge < -0.3 is 4.42 Å². The van der Waals surface area contributed by atoms with Gasteiger partial charge in [-0.05, 0) is 39.0 Å². The Morgan fingerprint density at radius 1 is 1.16 bits per heavy atom. The highest BCUT2D eigenvalue weighted by atomic mass is 32.2. The molecule has 0 aliphatic heterocycles. The average Bonchev–Trinajstić information content (AvgIpc) is 2.69. The third kappa shape index (κ3) is 3.05. The Kier molecular flexibility index (Phi) is 3.78. The van der Waals surface area contributed by atoms with Crippen molar-refractivity contribution in [2.45, 2.75) is 31.7 Å². The fraction of sp³-hybridized carbons (Fsp3) is 0.286. The second-order valence-corrected chi connectivity index (χ2v) is 6.24. The molecule has 0 spiro atoms. The summed E-state index contributed by atoms with van der Waals surface area (Å²) in [6, 6.07) is 9.85. The van der Waals surface area contributed by atoms with Gasteiger partial charge in [-0.3, -0.25) is 0 Å². The summed E-state index contributed by atoms with van der Waals surface area (Å²) in [6.45, 7) is 5.47. The Morgan fingerprint density at radius 3 is 2.32 bits per heavy atom. The van der Waals surface area contributed by atoms with E-state index < -0.39 is 10.0 Å². The van der Waals surface area contributed by atoms with Gasteiger partial charge in [-0.15, -0.1) is 0 Å². The van der Waals surface area contributed by atoms with E-state index in [0.717, 1.165) is 17.1 Å². The number of benzene rings is 1. The van der Waals surface area contributed by atoms with Gasteiger partial charge in [-0.2, -0.15) is 0 Å². The van der Waals surface area contributed by atoms with Crippen molar-refractivity contribution in [2.75, 3.05) is 0 Å². The van der Waals surface area contributed by atoms with Crippen LogP contribution in [0.4, 0.5) is 0 Å². The molecule has 0 radical (unpaired) electrons. The molecule has 19 heavy (non-hydrogen) atoms. The highest BCUT2D eigenvalue weighted by molar-refractivity contribution is 7.89. The van der Waals surface area contributed by atoms with Crippen LogP contribution in [0.15, 0.2) is 45.7 Å². The molecule has 2 aromatic rings. The second-order valence-electron chi connectivity index (χ2n) is 4.52. The quantitative estimate of drug-likeness (QED) is 0.936. The zero-order valence-corrected chi connectivity index (χ0v) is 12.0. The average molecular weight is 279 g/mol. The van der Waals surface area contributed by atoms with Gasteiger partial charge in [0, 0.05) is 11.6 Å². The van der Waals surface area contributed by atoms with Gasteiger partial charge in [0.1, 0.15) is 11.5 Å². The minimum atomic E-state index is -3.51. The lowest BCUT2D eigenvalue weighted by molar-refractivity contribution is 0.496. The minimum Gasteiger partial charge on any atom is -0.466 e. The Labute approximate surface area is 113 Å². The van der Waals surface area contributed by atoms with Crippen molar-refractivity contribution >= 4 is 10.0 Å². The third-order valence-electron chi connectivity index (χ3n) is 2.93. The molecule has 0 aliphatic carbocycles. The predicted molar refractivity (Wildman–Crippen MR) is 73.4 cm³/mol. The lowest BCUT2D eigenvalue weighted by Gasteiger charge is -2.13. The maximum absolute atomic E-state index is 12.2. The van der Waals surface area contributed by atoms with Crippen molar-refractivity contribution < 1.29 is 12.8 Å². The third-order valence-corrected chi connectivity index (χ3v) is 4.49. The molecule has 0 fully saturated rings. The molecule has 0 bridgehead atoms. The number of hydrogen-bond acceptors (Lipinski definition) is 3. The molecule has 2 rings (SSSR count). The number of nitrogens with one attached hydrogen (secondary N) is 1. The van der Waals surface area contributed by atoms with Crippen LogP contribution in [-0.4, -0.2) is 8.42 Å². The lowest BCUT2D eigenvalue weighted by Crippen LogP contribution is -2.26. The molecule has 1 unspecified atom stereocenters. The summed E-state index contributed by atoms with van der Waals surface area (Å²) >= 11 is 0. The molecule has 0 amide bonds. The molecule has 0 saturated heterocycles. The summed E-state index contributed by atoms with van der Waals surface area (Å²) < 4.78 is 32.5. The Balaban J connectivity index is 2.24. The number of hydrogen-bond donors (Lipinski definition) is 1. The van der Waals surface area contributed by atoms with Crippen molar-refractivity contribution in [3.05, 3.63) is 53.5 Å². The van der Waals surface area contributed by atoms with Gasteiger partial charge in [-0.25, -0.2) is 13.1 Å². The zero-order chi connectivity index (χ0) is 14.0. The summed E-state index contributed by atoms with van der Waals surface area (Å²) in [5.41, 5.74) is 0.858. The standard InChI is InChI=1S/C14H17NO3S/c1-10-9-14(12(3)18-10)11(2)15-19(16,17)13-7-5-4-6-8-13/h4-9,11,15H,1-3H3. The van der Waals surface area contributed by atoms with Crippen LogP contribution in [0.2, 0.25) is 0 Å². The molecule has 1 aromatic carbocycles. The lowest BCUT2D eigenvalue weighted by atomic mass is 10.1. The highest BCUT2D eigenvalue weighted by Gasteiger charge is 2.20. The monoisotopic (exact) mass is 279 g/mol. The molecule has 1 heterocycles. The maximum Gasteiger partial charge on any atom is 0.241 e. The van der Waals surface area contributed by atoms with E-state index in [4.69, 9.17) is 4.42 Å². The summed E-state index contributed by atoms with van der Waals surface area (Å²) in [5.74, 6) is 1.51. The van der Waals surface area contributed by atoms with E-state index in [9.17, 15) is 8.42 Å². The van der Waals surface area contributed by atoms with Crippen LogP contribution >= 0.6 is 0 Å². The smallest absolute Gasteiger partial charge is 0.241 e. The Morgan fingerprint density at radius 2 is 1.79 bits per heavy atom. The van der Waals surface area contributed by atoms with Gasteiger partial charge in [-0.1, -0.05) is 18.2 Å². The van der Waals surface area contributed by atoms with Crippen LogP contribution in [-0.2, 0) is 10.0 Å². The van der Waals surface area contributed by atoms with Crippen molar-refractivity contribution in [3.63, 3.8) is 0 Å². The van der Waals surface area contributed by atoms with Crippen LogP contribution < -0.4 is 4.72 Å². The van der Waals surface area contributed by atoms with E-state index >= 15 is 0 Å². The Bertz CT molecular complexity index is 659. The van der Waals surface area contributed by atoms with E-state index in [1.807, 2.05) is 19.9 Å². The van der Waals surface area contributed by atoms with E-state index in [0.29, 0.717) is 0 Å². The number of rotatable bonds is 4. The normalized spacial score (nSPS) is 13.4. The molecule has 1 aromatic heterocycles. The van der Waals surface area contributed by atoms with E-state index in [1.165, 1.54) is 0 Å². The number of furan rings is 1. The van der Waals surface area contributed by atoms with Crippen LogP contribution in [0, 0.1) is 13.8 Å². The Hall–Kier alpha value is -1.59. The zero-order valence-electron chi connectivity index (χ0n) is 11.2. The first-order valence-corrected chi connectivity index (χ1v) is 7.53.